The number of carbonyl (C=O) groups is 1. The van der Waals surface area contributed by atoms with Gasteiger partial charge in [0.05, 0.1) is 21.7 Å². The van der Waals surface area contributed by atoms with Gasteiger partial charge in [0.25, 0.3) is 15.7 Å². The average molecular weight is 354 g/mol. The lowest BCUT2D eigenvalue weighted by atomic mass is 10.2. The molecular formula is C14H11FN2O6S. The fourth-order valence-electron chi connectivity index (χ4n) is 1.97. The summed E-state index contributed by atoms with van der Waals surface area (Å²) in [7, 11) is -4.48. The molecule has 0 atom stereocenters. The molecule has 0 fully saturated rings. The molecule has 0 unspecified atom stereocenters. The zero-order valence-corrected chi connectivity index (χ0v) is 13.0. The number of carboxylic acids is 1. The third kappa shape index (κ3) is 3.33. The van der Waals surface area contributed by atoms with Crippen molar-refractivity contribution >= 4 is 27.4 Å². The van der Waals surface area contributed by atoms with Gasteiger partial charge in [0.1, 0.15) is 10.7 Å². The molecule has 2 rings (SSSR count). The molecule has 0 aliphatic heterocycles. The smallest absolute Gasteiger partial charge is 0.335 e. The van der Waals surface area contributed by atoms with Crippen LogP contribution in [0.3, 0.4) is 0 Å². The number of nitro groups is 1. The van der Waals surface area contributed by atoms with Gasteiger partial charge in [-0.05, 0) is 31.2 Å². The van der Waals surface area contributed by atoms with E-state index in [9.17, 15) is 27.7 Å². The van der Waals surface area contributed by atoms with Crippen molar-refractivity contribution < 1.29 is 27.6 Å². The van der Waals surface area contributed by atoms with Crippen molar-refractivity contribution in [2.75, 3.05) is 4.72 Å². The minimum absolute atomic E-state index is 0.0425. The van der Waals surface area contributed by atoms with Crippen LogP contribution in [0.1, 0.15) is 15.9 Å². The Bertz CT molecular complexity index is 942. The molecule has 2 aromatic carbocycles. The predicted octanol–water partition coefficient (Wildman–Crippen LogP) is 2.54. The SMILES string of the molecule is Cc1c(NS(=O)(=O)c2cc(C(=O)O)ccc2F)cccc1[N+](=O)[O-]. The number of hydrogen-bond acceptors (Lipinski definition) is 5. The lowest BCUT2D eigenvalue weighted by molar-refractivity contribution is -0.385. The molecule has 10 heteroatoms. The molecule has 0 heterocycles. The van der Waals surface area contributed by atoms with E-state index in [1.165, 1.54) is 25.1 Å². The van der Waals surface area contributed by atoms with Crippen molar-refractivity contribution in [2.45, 2.75) is 11.8 Å². The first-order chi connectivity index (χ1) is 11.1. The van der Waals surface area contributed by atoms with Gasteiger partial charge in [-0.1, -0.05) is 6.07 Å². The Hall–Kier alpha value is -3.01. The summed E-state index contributed by atoms with van der Waals surface area (Å²) in [6.07, 6.45) is 0. The number of nitro benzene ring substituents is 1. The van der Waals surface area contributed by atoms with Gasteiger partial charge in [0.15, 0.2) is 0 Å². The molecule has 0 amide bonds. The molecular weight excluding hydrogens is 343 g/mol. The summed E-state index contributed by atoms with van der Waals surface area (Å²) in [5, 5.41) is 19.8. The number of anilines is 1. The molecule has 2 N–H and O–H groups in total. The standard InChI is InChI=1S/C14H11FN2O6S/c1-8-11(3-2-4-12(8)17(20)21)16-24(22,23)13-7-9(14(18)19)5-6-10(13)15/h2-7,16H,1H3,(H,18,19). The molecule has 8 nitrogen and oxygen atoms in total. The Morgan fingerprint density at radius 2 is 1.96 bits per heavy atom. The van der Waals surface area contributed by atoms with Gasteiger partial charge in [0, 0.05) is 6.07 Å². The minimum atomic E-state index is -4.48. The number of halogens is 1. The van der Waals surface area contributed by atoms with E-state index in [0.717, 1.165) is 12.1 Å². The first-order valence-corrected chi connectivity index (χ1v) is 7.91. The zero-order chi connectivity index (χ0) is 18.1. The van der Waals surface area contributed by atoms with Gasteiger partial charge in [-0.3, -0.25) is 14.8 Å². The topological polar surface area (TPSA) is 127 Å². The van der Waals surface area contributed by atoms with Crippen molar-refractivity contribution in [3.8, 4) is 0 Å². The summed E-state index contributed by atoms with van der Waals surface area (Å²) >= 11 is 0. The number of nitrogens with one attached hydrogen (secondary N) is 1. The maximum absolute atomic E-state index is 13.8. The molecule has 0 aliphatic rings. The summed E-state index contributed by atoms with van der Waals surface area (Å²) in [4.78, 5) is 20.2. The quantitative estimate of drug-likeness (QED) is 0.627. The van der Waals surface area contributed by atoms with Crippen molar-refractivity contribution in [1.29, 1.82) is 0 Å². The van der Waals surface area contributed by atoms with Crippen LogP contribution in [0.2, 0.25) is 0 Å². The Labute approximate surface area is 135 Å². The number of carboxylic acid groups (broad SMARTS) is 1. The average Bonchev–Trinajstić information content (AvgIpc) is 2.48. The Morgan fingerprint density at radius 1 is 1.29 bits per heavy atom. The van der Waals surface area contributed by atoms with E-state index >= 15 is 0 Å². The molecule has 0 aromatic heterocycles. The van der Waals surface area contributed by atoms with E-state index in [2.05, 4.69) is 0 Å². The predicted molar refractivity (Wildman–Crippen MR) is 82.0 cm³/mol. The van der Waals surface area contributed by atoms with Crippen LogP contribution in [0, 0.1) is 22.9 Å². The van der Waals surface area contributed by atoms with Crippen LogP contribution in [0.4, 0.5) is 15.8 Å². The molecule has 0 saturated heterocycles. The van der Waals surface area contributed by atoms with E-state index in [0.29, 0.717) is 6.07 Å². The number of hydrogen-bond donors (Lipinski definition) is 2. The van der Waals surface area contributed by atoms with Gasteiger partial charge < -0.3 is 5.11 Å². The summed E-state index contributed by atoms with van der Waals surface area (Å²) in [6, 6.07) is 6.06. The lowest BCUT2D eigenvalue weighted by Crippen LogP contribution is -2.16. The van der Waals surface area contributed by atoms with E-state index in [4.69, 9.17) is 5.11 Å². The summed E-state index contributed by atoms with van der Waals surface area (Å²) < 4.78 is 40.5. The van der Waals surface area contributed by atoms with Crippen LogP contribution in [-0.4, -0.2) is 24.4 Å². The number of benzene rings is 2. The number of sulfonamides is 1. The van der Waals surface area contributed by atoms with Crippen molar-refractivity contribution in [2.24, 2.45) is 0 Å². The third-order valence-electron chi connectivity index (χ3n) is 3.21. The van der Waals surface area contributed by atoms with Gasteiger partial charge in [-0.25, -0.2) is 17.6 Å². The highest BCUT2D eigenvalue weighted by Crippen LogP contribution is 2.28. The maximum atomic E-state index is 13.8. The van der Waals surface area contributed by atoms with Crippen molar-refractivity contribution in [1.82, 2.24) is 0 Å². The molecule has 0 bridgehead atoms. The molecule has 24 heavy (non-hydrogen) atoms. The maximum Gasteiger partial charge on any atom is 0.335 e. The zero-order valence-electron chi connectivity index (χ0n) is 12.2. The van der Waals surface area contributed by atoms with Gasteiger partial charge in [-0.2, -0.15) is 0 Å². The van der Waals surface area contributed by atoms with Crippen LogP contribution < -0.4 is 4.72 Å². The second-order valence-electron chi connectivity index (χ2n) is 4.76. The summed E-state index contributed by atoms with van der Waals surface area (Å²) in [5.74, 6) is -2.56. The van der Waals surface area contributed by atoms with Crippen LogP contribution in [0.5, 0.6) is 0 Å². The highest BCUT2D eigenvalue weighted by molar-refractivity contribution is 7.92. The third-order valence-corrected chi connectivity index (χ3v) is 4.59. The van der Waals surface area contributed by atoms with E-state index in [1.807, 2.05) is 4.72 Å². The molecule has 0 radical (unpaired) electrons. The Balaban J connectivity index is 2.50. The number of aromatic carboxylic acids is 1. The molecule has 0 aliphatic carbocycles. The van der Waals surface area contributed by atoms with Gasteiger partial charge in [-0.15, -0.1) is 0 Å². The summed E-state index contributed by atoms with van der Waals surface area (Å²) in [5.41, 5.74) is -0.785. The first kappa shape index (κ1) is 17.3. The first-order valence-electron chi connectivity index (χ1n) is 6.43. The molecule has 2 aromatic rings. The van der Waals surface area contributed by atoms with Crippen LogP contribution in [0.15, 0.2) is 41.3 Å². The van der Waals surface area contributed by atoms with Crippen molar-refractivity contribution in [3.05, 3.63) is 63.5 Å². The number of nitrogens with zero attached hydrogens (tertiary/aromatic N) is 1. The van der Waals surface area contributed by atoms with Gasteiger partial charge >= 0.3 is 5.97 Å². The van der Waals surface area contributed by atoms with Crippen LogP contribution in [0.25, 0.3) is 0 Å². The van der Waals surface area contributed by atoms with E-state index in [1.54, 1.807) is 0 Å². The van der Waals surface area contributed by atoms with Crippen LogP contribution >= 0.6 is 0 Å². The normalized spacial score (nSPS) is 11.1. The summed E-state index contributed by atoms with van der Waals surface area (Å²) in [6.45, 7) is 1.33. The fraction of sp³-hybridized carbons (Fsp3) is 0.0714. The largest absolute Gasteiger partial charge is 0.478 e. The molecule has 126 valence electrons. The highest BCUT2D eigenvalue weighted by Gasteiger charge is 2.23. The number of rotatable bonds is 5. The van der Waals surface area contributed by atoms with Gasteiger partial charge in [0.2, 0.25) is 0 Å². The van der Waals surface area contributed by atoms with Crippen molar-refractivity contribution in [3.63, 3.8) is 0 Å². The van der Waals surface area contributed by atoms with E-state index in [-0.39, 0.29) is 16.9 Å². The Kier molecular flexibility index (Phi) is 4.51. The second kappa shape index (κ2) is 6.24. The fourth-order valence-corrected chi connectivity index (χ4v) is 3.20. The lowest BCUT2D eigenvalue weighted by Gasteiger charge is -2.11. The highest BCUT2D eigenvalue weighted by atomic mass is 32.2. The molecule has 0 saturated carbocycles. The Morgan fingerprint density at radius 3 is 2.54 bits per heavy atom. The second-order valence-corrected chi connectivity index (χ2v) is 6.41. The monoisotopic (exact) mass is 354 g/mol. The minimum Gasteiger partial charge on any atom is -0.478 e. The van der Waals surface area contributed by atoms with E-state index < -0.39 is 37.2 Å². The molecule has 0 spiro atoms. The van der Waals surface area contributed by atoms with Crippen LogP contribution in [-0.2, 0) is 10.0 Å².